The van der Waals surface area contributed by atoms with Gasteiger partial charge < -0.3 is 15.5 Å². The normalized spacial score (nSPS) is 10.9. The van der Waals surface area contributed by atoms with Crippen LogP contribution < -0.4 is 10.6 Å². The van der Waals surface area contributed by atoms with E-state index in [0.29, 0.717) is 5.95 Å². The van der Waals surface area contributed by atoms with E-state index in [1.165, 1.54) is 0 Å². The highest BCUT2D eigenvalue weighted by atomic mass is 79.9. The molecular formula is C20H23BrN6. The molecule has 7 heteroatoms. The Kier molecular flexibility index (Phi) is 6.36. The molecule has 6 nitrogen and oxygen atoms in total. The number of likely N-dealkylation sites (N-methyl/N-ethyl adjacent to an activating group) is 1. The Balaban J connectivity index is 1.90. The van der Waals surface area contributed by atoms with Crippen LogP contribution in [0.5, 0.6) is 0 Å². The van der Waals surface area contributed by atoms with Gasteiger partial charge in [-0.1, -0.05) is 22.0 Å². The van der Waals surface area contributed by atoms with E-state index in [0.717, 1.165) is 46.0 Å². The first-order valence-electron chi connectivity index (χ1n) is 8.73. The number of hydrogen-bond acceptors (Lipinski definition) is 6. The van der Waals surface area contributed by atoms with Gasteiger partial charge in [-0.2, -0.15) is 4.98 Å². The fourth-order valence-corrected chi connectivity index (χ4v) is 2.74. The number of halogens is 1. The highest BCUT2D eigenvalue weighted by Crippen LogP contribution is 2.25. The van der Waals surface area contributed by atoms with Gasteiger partial charge in [0, 0.05) is 35.5 Å². The summed E-state index contributed by atoms with van der Waals surface area (Å²) in [4.78, 5) is 15.8. The third-order valence-electron chi connectivity index (χ3n) is 3.93. The van der Waals surface area contributed by atoms with E-state index in [9.17, 15) is 0 Å². The van der Waals surface area contributed by atoms with Gasteiger partial charge in [-0.05, 0) is 56.9 Å². The fraction of sp³-hybridized carbons (Fsp3) is 0.250. The number of pyridine rings is 1. The summed E-state index contributed by atoms with van der Waals surface area (Å²) in [6.45, 7) is 3.71. The maximum absolute atomic E-state index is 4.62. The molecule has 0 saturated heterocycles. The molecule has 1 aromatic carbocycles. The van der Waals surface area contributed by atoms with Gasteiger partial charge in [0.15, 0.2) is 0 Å². The Hall–Kier alpha value is -2.51. The number of aryl methyl sites for hydroxylation is 1. The van der Waals surface area contributed by atoms with E-state index in [1.54, 1.807) is 6.20 Å². The molecule has 0 aliphatic heterocycles. The van der Waals surface area contributed by atoms with Crippen LogP contribution in [0.1, 0.15) is 5.56 Å². The minimum absolute atomic E-state index is 0.580. The Morgan fingerprint density at radius 1 is 1.04 bits per heavy atom. The molecule has 2 aromatic heterocycles. The highest BCUT2D eigenvalue weighted by molar-refractivity contribution is 9.10. The van der Waals surface area contributed by atoms with Crippen molar-refractivity contribution in [3.05, 3.63) is 58.7 Å². The molecule has 0 amide bonds. The highest BCUT2D eigenvalue weighted by Gasteiger charge is 2.09. The summed E-state index contributed by atoms with van der Waals surface area (Å²) in [6.07, 6.45) is 1.77. The van der Waals surface area contributed by atoms with E-state index in [4.69, 9.17) is 0 Å². The Bertz CT molecular complexity index is 898. The SMILES string of the molecule is Cc1cc(Nc2cc(-c3ccccn3)nc(NCCN(C)C)n2)ccc1Br. The van der Waals surface area contributed by atoms with Gasteiger partial charge in [0.1, 0.15) is 5.82 Å². The summed E-state index contributed by atoms with van der Waals surface area (Å²) >= 11 is 3.53. The molecule has 27 heavy (non-hydrogen) atoms. The van der Waals surface area contributed by atoms with Crippen molar-refractivity contribution in [1.82, 2.24) is 19.9 Å². The number of benzene rings is 1. The lowest BCUT2D eigenvalue weighted by Gasteiger charge is -2.13. The van der Waals surface area contributed by atoms with Crippen LogP contribution >= 0.6 is 15.9 Å². The van der Waals surface area contributed by atoms with Crippen molar-refractivity contribution in [2.45, 2.75) is 6.92 Å². The van der Waals surface area contributed by atoms with Gasteiger partial charge in [-0.15, -0.1) is 0 Å². The standard InChI is InChI=1S/C20H23BrN6/c1-14-12-15(7-8-16(14)21)24-19-13-18(17-6-4-5-9-22-17)25-20(26-19)23-10-11-27(2)3/h4-9,12-13H,10-11H2,1-3H3,(H2,23,24,25,26). The quantitative estimate of drug-likeness (QED) is 0.585. The maximum atomic E-state index is 4.62. The predicted molar refractivity (Wildman–Crippen MR) is 114 cm³/mol. The molecule has 0 radical (unpaired) electrons. The van der Waals surface area contributed by atoms with Crippen molar-refractivity contribution >= 4 is 33.4 Å². The third-order valence-corrected chi connectivity index (χ3v) is 4.82. The molecule has 0 unspecified atom stereocenters. The van der Waals surface area contributed by atoms with Crippen LogP contribution in [0.15, 0.2) is 53.1 Å². The van der Waals surface area contributed by atoms with E-state index in [1.807, 2.05) is 50.5 Å². The van der Waals surface area contributed by atoms with Crippen molar-refractivity contribution in [3.63, 3.8) is 0 Å². The van der Waals surface area contributed by atoms with Crippen LogP contribution in [0.3, 0.4) is 0 Å². The molecule has 0 fully saturated rings. The van der Waals surface area contributed by atoms with Crippen LogP contribution in [0.4, 0.5) is 17.5 Å². The number of aromatic nitrogens is 3. The number of anilines is 3. The van der Waals surface area contributed by atoms with Crippen LogP contribution in [-0.2, 0) is 0 Å². The molecule has 2 heterocycles. The average Bonchev–Trinajstić information content (AvgIpc) is 2.65. The molecule has 0 saturated carbocycles. The summed E-state index contributed by atoms with van der Waals surface area (Å²) in [6, 6.07) is 13.8. The Morgan fingerprint density at radius 2 is 1.89 bits per heavy atom. The van der Waals surface area contributed by atoms with Crippen molar-refractivity contribution in [2.24, 2.45) is 0 Å². The van der Waals surface area contributed by atoms with Crippen LogP contribution in [0, 0.1) is 6.92 Å². The molecule has 3 aromatic rings. The maximum Gasteiger partial charge on any atom is 0.225 e. The summed E-state index contributed by atoms with van der Waals surface area (Å²) in [5.41, 5.74) is 3.71. The lowest BCUT2D eigenvalue weighted by atomic mass is 10.2. The molecule has 0 atom stereocenters. The minimum Gasteiger partial charge on any atom is -0.353 e. The van der Waals surface area contributed by atoms with E-state index in [2.05, 4.69) is 59.4 Å². The van der Waals surface area contributed by atoms with Crippen molar-refractivity contribution in [1.29, 1.82) is 0 Å². The topological polar surface area (TPSA) is 66.0 Å². The number of hydrogen-bond donors (Lipinski definition) is 2. The fourth-order valence-electron chi connectivity index (χ4n) is 2.50. The second-order valence-corrected chi connectivity index (χ2v) is 7.35. The van der Waals surface area contributed by atoms with Crippen LogP contribution in [0.25, 0.3) is 11.4 Å². The van der Waals surface area contributed by atoms with Gasteiger partial charge in [-0.25, -0.2) is 4.98 Å². The molecule has 0 spiro atoms. The van der Waals surface area contributed by atoms with E-state index < -0.39 is 0 Å². The third kappa shape index (κ3) is 5.48. The smallest absolute Gasteiger partial charge is 0.225 e. The molecule has 3 rings (SSSR count). The largest absolute Gasteiger partial charge is 0.353 e. The number of rotatable bonds is 7. The predicted octanol–water partition coefficient (Wildman–Crippen LogP) is 4.33. The number of nitrogens with zero attached hydrogens (tertiary/aromatic N) is 4. The lowest BCUT2D eigenvalue weighted by Crippen LogP contribution is -2.21. The molecular weight excluding hydrogens is 404 g/mol. The minimum atomic E-state index is 0.580. The van der Waals surface area contributed by atoms with Gasteiger partial charge in [-0.3, -0.25) is 4.98 Å². The van der Waals surface area contributed by atoms with Crippen LogP contribution in [0.2, 0.25) is 0 Å². The monoisotopic (exact) mass is 426 g/mol. The molecule has 0 aliphatic carbocycles. The second kappa shape index (κ2) is 8.92. The van der Waals surface area contributed by atoms with Gasteiger partial charge in [0.05, 0.1) is 11.4 Å². The first-order chi connectivity index (χ1) is 13.0. The zero-order valence-electron chi connectivity index (χ0n) is 15.7. The number of nitrogens with one attached hydrogen (secondary N) is 2. The molecule has 0 bridgehead atoms. The zero-order chi connectivity index (χ0) is 19.2. The van der Waals surface area contributed by atoms with Crippen molar-refractivity contribution < 1.29 is 0 Å². The van der Waals surface area contributed by atoms with E-state index >= 15 is 0 Å². The first-order valence-corrected chi connectivity index (χ1v) is 9.53. The van der Waals surface area contributed by atoms with Gasteiger partial charge >= 0.3 is 0 Å². The molecule has 2 N–H and O–H groups in total. The Labute approximate surface area is 168 Å². The summed E-state index contributed by atoms with van der Waals surface area (Å²) in [7, 11) is 4.07. The zero-order valence-corrected chi connectivity index (χ0v) is 17.3. The Morgan fingerprint density at radius 3 is 2.59 bits per heavy atom. The average molecular weight is 427 g/mol. The van der Waals surface area contributed by atoms with Gasteiger partial charge in [0.25, 0.3) is 0 Å². The molecule has 0 aliphatic rings. The molecule has 140 valence electrons. The van der Waals surface area contributed by atoms with Crippen molar-refractivity contribution in [2.75, 3.05) is 37.8 Å². The van der Waals surface area contributed by atoms with E-state index in [-0.39, 0.29) is 0 Å². The summed E-state index contributed by atoms with van der Waals surface area (Å²) in [5, 5.41) is 6.67. The first kappa shape index (κ1) is 19.3. The lowest BCUT2D eigenvalue weighted by molar-refractivity contribution is 0.425. The summed E-state index contributed by atoms with van der Waals surface area (Å²) in [5.74, 6) is 1.30. The second-order valence-electron chi connectivity index (χ2n) is 6.50. The summed E-state index contributed by atoms with van der Waals surface area (Å²) < 4.78 is 1.08. The van der Waals surface area contributed by atoms with Gasteiger partial charge in [0.2, 0.25) is 5.95 Å². The van der Waals surface area contributed by atoms with Crippen molar-refractivity contribution in [3.8, 4) is 11.4 Å². The van der Waals surface area contributed by atoms with Crippen LogP contribution in [-0.4, -0.2) is 47.0 Å².